The molecular weight excluding hydrogens is 468 g/mol. The predicted molar refractivity (Wildman–Crippen MR) is 165 cm³/mol. The lowest BCUT2D eigenvalue weighted by molar-refractivity contribution is -0.118. The highest BCUT2D eigenvalue weighted by atomic mass is 16.5. The summed E-state index contributed by atoms with van der Waals surface area (Å²) < 4.78 is 5.96. The number of carbonyl (C=O) groups excluding carboxylic acids is 1. The summed E-state index contributed by atoms with van der Waals surface area (Å²) in [6, 6.07) is 4.11. The topological polar surface area (TPSA) is 46.5 Å². The van der Waals surface area contributed by atoms with Gasteiger partial charge in [-0.25, -0.2) is 0 Å². The van der Waals surface area contributed by atoms with Crippen molar-refractivity contribution in [3.63, 3.8) is 0 Å². The third-order valence-electron chi connectivity index (χ3n) is 7.70. The van der Waals surface area contributed by atoms with Crippen LogP contribution in [-0.4, -0.2) is 24.1 Å². The van der Waals surface area contributed by atoms with Gasteiger partial charge in [-0.2, -0.15) is 0 Å². The molecule has 0 bridgehead atoms. The fourth-order valence-corrected chi connectivity index (χ4v) is 5.22. The molecule has 0 aromatic heterocycles. The van der Waals surface area contributed by atoms with Crippen molar-refractivity contribution in [1.82, 2.24) is 0 Å². The van der Waals surface area contributed by atoms with Gasteiger partial charge in [-0.05, 0) is 33.9 Å². The molecule has 220 valence electrons. The first-order chi connectivity index (χ1) is 18.0. The second kappa shape index (κ2) is 18.9. The van der Waals surface area contributed by atoms with Gasteiger partial charge in [0.1, 0.15) is 18.1 Å². The number of carbonyl (C=O) groups is 1. The van der Waals surface area contributed by atoms with E-state index in [4.69, 9.17) is 4.74 Å². The molecule has 1 N–H and O–H groups in total. The number of aromatic hydroxyl groups is 1. The lowest BCUT2D eigenvalue weighted by Gasteiger charge is -2.28. The molecule has 0 saturated heterocycles. The summed E-state index contributed by atoms with van der Waals surface area (Å²) >= 11 is 0. The third kappa shape index (κ3) is 14.7. The van der Waals surface area contributed by atoms with Crippen LogP contribution in [0.2, 0.25) is 0 Å². The number of rotatable bonds is 21. The normalized spacial score (nSPS) is 13.1. The molecule has 0 fully saturated rings. The average Bonchev–Trinajstić information content (AvgIpc) is 2.84. The van der Waals surface area contributed by atoms with E-state index in [1.807, 2.05) is 0 Å². The van der Waals surface area contributed by atoms with Crippen molar-refractivity contribution in [2.45, 2.75) is 175 Å². The Morgan fingerprint density at radius 1 is 0.684 bits per heavy atom. The number of ether oxygens (including phenoxy) is 1. The Labute approximate surface area is 236 Å². The van der Waals surface area contributed by atoms with Crippen LogP contribution < -0.4 is 0 Å². The van der Waals surface area contributed by atoms with E-state index >= 15 is 0 Å². The standard InChI is InChI=1S/C35H62O3/c1-8-9-10-11-12-13-14-15-16-17-18-19-20-21-22-23-24-38-30(28-36)25-29-26-31(34(2,3)4)33(37)32(27-29)35(5,6)7/h26-28,30,37H,8-25H2,1-7H3. The van der Waals surface area contributed by atoms with E-state index in [0.29, 0.717) is 18.8 Å². The first-order valence-electron chi connectivity index (χ1n) is 15.9. The van der Waals surface area contributed by atoms with Crippen LogP contribution >= 0.6 is 0 Å². The van der Waals surface area contributed by atoms with Crippen LogP contribution in [0.5, 0.6) is 5.75 Å². The molecule has 3 nitrogen and oxygen atoms in total. The molecule has 0 aliphatic heterocycles. The molecule has 38 heavy (non-hydrogen) atoms. The highest BCUT2D eigenvalue weighted by Crippen LogP contribution is 2.40. The molecule has 1 rings (SSSR count). The number of aldehydes is 1. The first kappa shape index (κ1) is 34.7. The second-order valence-electron chi connectivity index (χ2n) is 13.6. The van der Waals surface area contributed by atoms with Crippen molar-refractivity contribution in [3.05, 3.63) is 28.8 Å². The van der Waals surface area contributed by atoms with Crippen molar-refractivity contribution in [2.24, 2.45) is 0 Å². The Hall–Kier alpha value is -1.35. The number of hydrogen-bond donors (Lipinski definition) is 1. The lowest BCUT2D eigenvalue weighted by Crippen LogP contribution is -2.21. The molecule has 0 spiro atoms. The minimum atomic E-state index is -0.434. The van der Waals surface area contributed by atoms with E-state index in [2.05, 4.69) is 60.6 Å². The summed E-state index contributed by atoms with van der Waals surface area (Å²) in [5.41, 5.74) is 2.57. The smallest absolute Gasteiger partial charge is 0.149 e. The van der Waals surface area contributed by atoms with Crippen molar-refractivity contribution < 1.29 is 14.6 Å². The fourth-order valence-electron chi connectivity index (χ4n) is 5.22. The maximum atomic E-state index is 11.8. The van der Waals surface area contributed by atoms with Crippen LogP contribution in [0.25, 0.3) is 0 Å². The van der Waals surface area contributed by atoms with Gasteiger partial charge in [0.15, 0.2) is 0 Å². The zero-order valence-electron chi connectivity index (χ0n) is 26.3. The Morgan fingerprint density at radius 3 is 1.39 bits per heavy atom. The maximum Gasteiger partial charge on any atom is 0.149 e. The van der Waals surface area contributed by atoms with Crippen molar-refractivity contribution in [1.29, 1.82) is 0 Å². The highest BCUT2D eigenvalue weighted by molar-refractivity contribution is 5.58. The van der Waals surface area contributed by atoms with Gasteiger partial charge in [0, 0.05) is 13.0 Å². The molecule has 0 saturated carbocycles. The lowest BCUT2D eigenvalue weighted by atomic mass is 9.78. The minimum Gasteiger partial charge on any atom is -0.507 e. The average molecular weight is 531 g/mol. The van der Waals surface area contributed by atoms with Crippen LogP contribution in [0.4, 0.5) is 0 Å². The fraction of sp³-hybridized carbons (Fsp3) is 0.800. The van der Waals surface area contributed by atoms with Crippen LogP contribution in [0, 0.1) is 0 Å². The van der Waals surface area contributed by atoms with E-state index in [0.717, 1.165) is 29.4 Å². The largest absolute Gasteiger partial charge is 0.507 e. The summed E-state index contributed by atoms with van der Waals surface area (Å²) in [6.45, 7) is 15.6. The zero-order valence-corrected chi connectivity index (χ0v) is 26.3. The molecule has 0 radical (unpaired) electrons. The Balaban J connectivity index is 2.24. The number of benzene rings is 1. The molecule has 3 heteroatoms. The summed E-state index contributed by atoms with van der Waals surface area (Å²) in [6.07, 6.45) is 22.7. The number of unbranched alkanes of at least 4 members (excludes halogenated alkanes) is 15. The maximum absolute atomic E-state index is 11.8. The number of phenolic OH excluding ortho intramolecular Hbond substituents is 1. The van der Waals surface area contributed by atoms with E-state index in [9.17, 15) is 9.90 Å². The van der Waals surface area contributed by atoms with Gasteiger partial charge in [-0.15, -0.1) is 0 Å². The zero-order chi connectivity index (χ0) is 28.4. The van der Waals surface area contributed by atoms with E-state index in [1.165, 1.54) is 96.3 Å². The molecule has 0 aliphatic carbocycles. The van der Waals surface area contributed by atoms with Crippen LogP contribution in [0.1, 0.15) is 168 Å². The molecule has 1 aromatic rings. The predicted octanol–water partition coefficient (Wildman–Crippen LogP) is 10.4. The van der Waals surface area contributed by atoms with Gasteiger partial charge in [0.2, 0.25) is 0 Å². The molecule has 1 atom stereocenters. The summed E-state index contributed by atoms with van der Waals surface area (Å²) in [4.78, 5) is 11.8. The van der Waals surface area contributed by atoms with Gasteiger partial charge >= 0.3 is 0 Å². The number of hydrogen-bond acceptors (Lipinski definition) is 3. The summed E-state index contributed by atoms with van der Waals surface area (Å²) in [7, 11) is 0. The van der Waals surface area contributed by atoms with E-state index in [1.54, 1.807) is 0 Å². The molecule has 0 heterocycles. The Morgan fingerprint density at radius 2 is 1.05 bits per heavy atom. The van der Waals surface area contributed by atoms with Crippen LogP contribution in [-0.2, 0) is 26.8 Å². The van der Waals surface area contributed by atoms with E-state index in [-0.39, 0.29) is 10.8 Å². The van der Waals surface area contributed by atoms with Gasteiger partial charge < -0.3 is 14.6 Å². The monoisotopic (exact) mass is 530 g/mol. The van der Waals surface area contributed by atoms with Crippen molar-refractivity contribution in [2.75, 3.05) is 6.61 Å². The first-order valence-corrected chi connectivity index (χ1v) is 15.9. The minimum absolute atomic E-state index is 0.175. The van der Waals surface area contributed by atoms with Gasteiger partial charge in [-0.3, -0.25) is 0 Å². The molecule has 0 aliphatic rings. The van der Waals surface area contributed by atoms with Gasteiger partial charge in [0.05, 0.1) is 0 Å². The Bertz CT molecular complexity index is 718. The summed E-state index contributed by atoms with van der Waals surface area (Å²) in [5, 5.41) is 10.9. The van der Waals surface area contributed by atoms with Gasteiger partial charge in [-0.1, -0.05) is 157 Å². The van der Waals surface area contributed by atoms with Crippen molar-refractivity contribution in [3.8, 4) is 5.75 Å². The molecule has 0 amide bonds. The Kier molecular flexibility index (Phi) is 17.2. The number of phenols is 1. The third-order valence-corrected chi connectivity index (χ3v) is 7.70. The second-order valence-corrected chi connectivity index (χ2v) is 13.6. The molecular formula is C35H62O3. The van der Waals surface area contributed by atoms with Gasteiger partial charge in [0.25, 0.3) is 0 Å². The molecule has 1 unspecified atom stereocenters. The van der Waals surface area contributed by atoms with Crippen LogP contribution in [0.3, 0.4) is 0 Å². The van der Waals surface area contributed by atoms with Crippen LogP contribution in [0.15, 0.2) is 12.1 Å². The van der Waals surface area contributed by atoms with E-state index < -0.39 is 6.10 Å². The van der Waals surface area contributed by atoms with Crippen molar-refractivity contribution >= 4 is 6.29 Å². The highest BCUT2D eigenvalue weighted by Gasteiger charge is 2.27. The SMILES string of the molecule is CCCCCCCCCCCCCCCCCCOC(C=O)Cc1cc(C(C)(C)C)c(O)c(C(C)(C)C)c1. The quantitative estimate of drug-likeness (QED) is 0.127. The summed E-state index contributed by atoms with van der Waals surface area (Å²) in [5.74, 6) is 0.380. The molecule has 1 aromatic carbocycles.